The van der Waals surface area contributed by atoms with Crippen LogP contribution in [-0.4, -0.2) is 66.9 Å². The average molecular weight is 358 g/mol. The Morgan fingerprint density at radius 3 is 2.78 bits per heavy atom. The van der Waals surface area contributed by atoms with Crippen molar-refractivity contribution in [3.8, 4) is 0 Å². The molecule has 0 aromatic rings. The summed E-state index contributed by atoms with van der Waals surface area (Å²) in [5.41, 5.74) is 0. The third kappa shape index (κ3) is 2.82. The number of nitrogens with zero attached hydrogens (tertiary/aromatic N) is 2. The molecule has 23 heavy (non-hydrogen) atoms. The first-order chi connectivity index (χ1) is 11.0. The number of amides is 1. The van der Waals surface area contributed by atoms with Gasteiger partial charge in [-0.2, -0.15) is 4.99 Å². The van der Waals surface area contributed by atoms with Crippen LogP contribution < -0.4 is 0 Å². The zero-order valence-electron chi connectivity index (χ0n) is 13.2. The van der Waals surface area contributed by atoms with Crippen molar-refractivity contribution in [2.24, 2.45) is 16.8 Å². The van der Waals surface area contributed by atoms with E-state index >= 15 is 0 Å². The van der Waals surface area contributed by atoms with E-state index in [0.29, 0.717) is 12.0 Å². The molecule has 4 rings (SSSR count). The lowest BCUT2D eigenvalue weighted by atomic mass is 9.93. The van der Waals surface area contributed by atoms with Gasteiger partial charge in [0.05, 0.1) is 17.5 Å². The minimum absolute atomic E-state index is 0.0107. The Kier molecular flexibility index (Phi) is 3.97. The van der Waals surface area contributed by atoms with Gasteiger partial charge in [-0.25, -0.2) is 8.42 Å². The number of carbonyl (C=O) groups excluding carboxylic acids is 1. The minimum atomic E-state index is -2.97. The molecule has 4 aliphatic rings. The summed E-state index contributed by atoms with van der Waals surface area (Å²) < 4.78 is 28.9. The molecule has 0 unspecified atom stereocenters. The van der Waals surface area contributed by atoms with Crippen LogP contribution in [0.25, 0.3) is 0 Å². The van der Waals surface area contributed by atoms with Crippen molar-refractivity contribution >= 4 is 32.7 Å². The standard InChI is InChI=1S/C15H22N2O4S2/c1-21-6-14(18)16-15-17(11-5-9-2-3-10(11)4-9)12-7-23(19,20)8-13(12)22-15/h9-13H,2-8H2,1H3/t9-,10-,11+,12+,13+/m0/s1. The Balaban J connectivity index is 1.63. The van der Waals surface area contributed by atoms with Crippen LogP contribution in [-0.2, 0) is 19.4 Å². The topological polar surface area (TPSA) is 76.0 Å². The highest BCUT2D eigenvalue weighted by atomic mass is 32.2. The van der Waals surface area contributed by atoms with E-state index in [2.05, 4.69) is 9.89 Å². The van der Waals surface area contributed by atoms with Crippen molar-refractivity contribution in [3.05, 3.63) is 0 Å². The lowest BCUT2D eigenvalue weighted by molar-refractivity contribution is -0.121. The van der Waals surface area contributed by atoms with E-state index in [1.165, 1.54) is 38.1 Å². The number of hydrogen-bond donors (Lipinski definition) is 0. The van der Waals surface area contributed by atoms with Gasteiger partial charge >= 0.3 is 0 Å². The van der Waals surface area contributed by atoms with E-state index in [-0.39, 0.29) is 35.3 Å². The average Bonchev–Trinajstić information content (AvgIpc) is 3.18. The third-order valence-electron chi connectivity index (χ3n) is 5.65. The van der Waals surface area contributed by atoms with Gasteiger partial charge in [0.1, 0.15) is 6.61 Å². The van der Waals surface area contributed by atoms with Crippen LogP contribution in [0.3, 0.4) is 0 Å². The Labute approximate surface area is 141 Å². The van der Waals surface area contributed by atoms with Crippen LogP contribution in [0.2, 0.25) is 0 Å². The van der Waals surface area contributed by atoms with E-state index in [9.17, 15) is 13.2 Å². The van der Waals surface area contributed by atoms with Crippen molar-refractivity contribution in [1.82, 2.24) is 4.90 Å². The SMILES string of the molecule is COCC(=O)N=C1S[C@@H]2CS(=O)(=O)C[C@H]2N1[C@@H]1C[C@H]2CC[C@H]1C2. The van der Waals surface area contributed by atoms with Crippen molar-refractivity contribution in [3.63, 3.8) is 0 Å². The molecule has 0 N–H and O–H groups in total. The summed E-state index contributed by atoms with van der Waals surface area (Å²) in [5, 5.41) is 0.753. The Morgan fingerprint density at radius 2 is 2.13 bits per heavy atom. The predicted molar refractivity (Wildman–Crippen MR) is 89.2 cm³/mol. The fourth-order valence-electron chi connectivity index (χ4n) is 4.79. The first-order valence-electron chi connectivity index (χ1n) is 8.22. The molecule has 2 aliphatic heterocycles. The van der Waals surface area contributed by atoms with E-state index in [4.69, 9.17) is 4.74 Å². The Hall–Kier alpha value is -0.600. The van der Waals surface area contributed by atoms with E-state index in [0.717, 1.165) is 17.5 Å². The largest absolute Gasteiger partial charge is 0.375 e. The quantitative estimate of drug-likeness (QED) is 0.747. The number of ether oxygens (including phenoxy) is 1. The third-order valence-corrected chi connectivity index (χ3v) is 8.88. The molecular formula is C15H22N2O4S2. The van der Waals surface area contributed by atoms with Crippen LogP contribution in [0, 0.1) is 11.8 Å². The number of carbonyl (C=O) groups is 1. The summed E-state index contributed by atoms with van der Waals surface area (Å²) in [6.07, 6.45) is 4.88. The smallest absolute Gasteiger partial charge is 0.274 e. The molecule has 4 fully saturated rings. The highest BCUT2D eigenvalue weighted by molar-refractivity contribution is 8.15. The van der Waals surface area contributed by atoms with E-state index in [1.807, 2.05) is 0 Å². The number of methoxy groups -OCH3 is 1. The number of aliphatic imine (C=N–C) groups is 1. The number of thioether (sulfide) groups is 1. The molecule has 8 heteroatoms. The summed E-state index contributed by atoms with van der Waals surface area (Å²) >= 11 is 1.48. The lowest BCUT2D eigenvalue weighted by Gasteiger charge is -2.36. The second-order valence-corrected chi connectivity index (χ2v) is 10.5. The van der Waals surface area contributed by atoms with Crippen molar-refractivity contribution in [1.29, 1.82) is 0 Å². The Bertz CT molecular complexity index is 648. The van der Waals surface area contributed by atoms with Crippen molar-refractivity contribution in [2.75, 3.05) is 25.2 Å². The molecule has 2 heterocycles. The first kappa shape index (κ1) is 15.9. The maximum atomic E-state index is 12.0. The van der Waals surface area contributed by atoms with Crippen LogP contribution >= 0.6 is 11.8 Å². The lowest BCUT2D eigenvalue weighted by Crippen LogP contribution is -2.47. The maximum Gasteiger partial charge on any atom is 0.274 e. The number of fused-ring (bicyclic) bond motifs is 3. The predicted octanol–water partition coefficient (Wildman–Crippen LogP) is 0.918. The van der Waals surface area contributed by atoms with Gasteiger partial charge in [-0.1, -0.05) is 18.2 Å². The molecule has 6 nitrogen and oxygen atoms in total. The maximum absolute atomic E-state index is 12.0. The summed E-state index contributed by atoms with van der Waals surface area (Å²) in [6.45, 7) is -0.0255. The number of amidine groups is 1. The number of sulfone groups is 1. The van der Waals surface area contributed by atoms with E-state index < -0.39 is 9.84 Å². The Morgan fingerprint density at radius 1 is 1.30 bits per heavy atom. The minimum Gasteiger partial charge on any atom is -0.375 e. The molecule has 2 saturated carbocycles. The molecule has 0 radical (unpaired) electrons. The number of hydrogen-bond acceptors (Lipinski definition) is 5. The van der Waals surface area contributed by atoms with Crippen LogP contribution in [0.1, 0.15) is 25.7 Å². The van der Waals surface area contributed by atoms with Gasteiger partial charge in [-0.3, -0.25) is 4.79 Å². The molecule has 2 bridgehead atoms. The van der Waals surface area contributed by atoms with Crippen molar-refractivity contribution in [2.45, 2.75) is 43.0 Å². The second kappa shape index (κ2) is 5.74. The summed E-state index contributed by atoms with van der Waals surface area (Å²) in [6, 6.07) is 0.349. The van der Waals surface area contributed by atoms with Crippen molar-refractivity contribution < 1.29 is 17.9 Å². The van der Waals surface area contributed by atoms with Gasteiger partial charge in [0, 0.05) is 18.4 Å². The molecule has 128 valence electrons. The monoisotopic (exact) mass is 358 g/mol. The van der Waals surface area contributed by atoms with Crippen LogP contribution in [0.5, 0.6) is 0 Å². The zero-order valence-corrected chi connectivity index (χ0v) is 14.8. The van der Waals surface area contributed by atoms with E-state index in [1.54, 1.807) is 0 Å². The second-order valence-electron chi connectivity index (χ2n) is 7.17. The van der Waals surface area contributed by atoms with Crippen LogP contribution in [0.15, 0.2) is 4.99 Å². The molecule has 0 aromatic carbocycles. The summed E-state index contributed by atoms with van der Waals surface area (Å²) in [5.74, 6) is 1.52. The van der Waals surface area contributed by atoms with Gasteiger partial charge < -0.3 is 9.64 Å². The molecule has 0 aromatic heterocycles. The van der Waals surface area contributed by atoms with Crippen LogP contribution in [0.4, 0.5) is 0 Å². The summed E-state index contributed by atoms with van der Waals surface area (Å²) in [4.78, 5) is 18.4. The van der Waals surface area contributed by atoms with Gasteiger partial charge in [-0.15, -0.1) is 0 Å². The van der Waals surface area contributed by atoms with Gasteiger partial charge in [0.25, 0.3) is 5.91 Å². The summed E-state index contributed by atoms with van der Waals surface area (Å²) in [7, 11) is -1.49. The fourth-order valence-corrected chi connectivity index (χ4v) is 8.78. The fraction of sp³-hybridized carbons (Fsp3) is 0.867. The molecule has 5 atom stereocenters. The normalized spacial score (nSPS) is 42.6. The molecule has 2 saturated heterocycles. The van der Waals surface area contributed by atoms with Gasteiger partial charge in [0.2, 0.25) is 0 Å². The number of rotatable bonds is 3. The first-order valence-corrected chi connectivity index (χ1v) is 10.9. The molecule has 1 amide bonds. The highest BCUT2D eigenvalue weighted by Crippen LogP contribution is 2.51. The molecule has 0 spiro atoms. The molecular weight excluding hydrogens is 336 g/mol. The van der Waals surface area contributed by atoms with Gasteiger partial charge in [-0.05, 0) is 31.1 Å². The highest BCUT2D eigenvalue weighted by Gasteiger charge is 2.54. The molecule has 2 aliphatic carbocycles. The zero-order chi connectivity index (χ0) is 16.2. The van der Waals surface area contributed by atoms with Gasteiger partial charge in [0.15, 0.2) is 15.0 Å².